The van der Waals surface area contributed by atoms with Crippen molar-refractivity contribution in [1.82, 2.24) is 5.32 Å². The number of ether oxygens (including phenoxy) is 2. The topological polar surface area (TPSA) is 56.5 Å². The Kier molecular flexibility index (Phi) is 3.44. The molecule has 0 saturated carbocycles. The molecule has 2 aromatic rings. The molecule has 0 fully saturated rings. The molecule has 0 saturated heterocycles. The molecule has 4 nitrogen and oxygen atoms in total. The molecule has 0 amide bonds. The van der Waals surface area contributed by atoms with E-state index in [0.717, 1.165) is 39.6 Å². The molecule has 3 rings (SSSR count). The number of nitrogens with two attached hydrogens (primary N) is 1. The summed E-state index contributed by atoms with van der Waals surface area (Å²) in [5, 5.41) is 3.30. The monoisotopic (exact) mass is 282 g/mol. The van der Waals surface area contributed by atoms with E-state index in [1.807, 2.05) is 43.3 Å². The minimum atomic E-state index is 0.290. The van der Waals surface area contributed by atoms with E-state index in [-0.39, 0.29) is 0 Å². The van der Waals surface area contributed by atoms with Gasteiger partial charge in [0.25, 0.3) is 0 Å². The lowest BCUT2D eigenvalue weighted by molar-refractivity contribution is 0.174. The number of aryl methyl sites for hydroxylation is 1. The van der Waals surface area contributed by atoms with Gasteiger partial charge < -0.3 is 20.5 Å². The Balaban J connectivity index is 1.70. The Morgan fingerprint density at radius 2 is 2.00 bits per heavy atom. The third-order valence-electron chi connectivity index (χ3n) is 3.48. The molecule has 2 aromatic carbocycles. The maximum Gasteiger partial charge on any atom is 0.231 e. The van der Waals surface area contributed by atoms with Crippen LogP contribution in [0.1, 0.15) is 16.7 Å². The van der Waals surface area contributed by atoms with Gasteiger partial charge in [-0.15, -0.1) is 0 Å². The van der Waals surface area contributed by atoms with Crippen LogP contribution in [0.3, 0.4) is 0 Å². The minimum Gasteiger partial charge on any atom is -0.454 e. The van der Waals surface area contributed by atoms with Crippen LogP contribution in [0.2, 0.25) is 0 Å². The van der Waals surface area contributed by atoms with E-state index in [4.69, 9.17) is 15.2 Å². The lowest BCUT2D eigenvalue weighted by Gasteiger charge is -2.13. The van der Waals surface area contributed by atoms with E-state index < -0.39 is 0 Å². The molecule has 0 bridgehead atoms. The van der Waals surface area contributed by atoms with Crippen molar-refractivity contribution in [3.05, 3.63) is 59.7 Å². The van der Waals surface area contributed by atoms with Gasteiger partial charge in [0.15, 0.2) is 11.5 Å². The Morgan fingerprint density at radius 1 is 1.19 bits per heavy atom. The third kappa shape index (κ3) is 2.79. The molecule has 108 valence electrons. The molecule has 21 heavy (non-hydrogen) atoms. The zero-order valence-electron chi connectivity index (χ0n) is 12.0. The minimum absolute atomic E-state index is 0.290. The van der Waals surface area contributed by atoms with Gasteiger partial charge >= 0.3 is 0 Å². The number of benzene rings is 2. The predicted molar refractivity (Wildman–Crippen MR) is 84.0 cm³/mol. The number of fused-ring (bicyclic) bond motifs is 1. The molecule has 1 aliphatic rings. The van der Waals surface area contributed by atoms with E-state index in [1.54, 1.807) is 0 Å². The molecule has 0 atom stereocenters. The van der Waals surface area contributed by atoms with Gasteiger partial charge in [0.1, 0.15) is 0 Å². The van der Waals surface area contributed by atoms with Crippen LogP contribution in [0, 0.1) is 6.92 Å². The highest BCUT2D eigenvalue weighted by molar-refractivity contribution is 5.73. The summed E-state index contributed by atoms with van der Waals surface area (Å²) in [6.07, 6.45) is 0. The zero-order chi connectivity index (χ0) is 14.8. The second-order valence-corrected chi connectivity index (χ2v) is 5.11. The Morgan fingerprint density at radius 3 is 2.86 bits per heavy atom. The molecule has 0 aliphatic carbocycles. The van der Waals surface area contributed by atoms with Crippen LogP contribution in [0.5, 0.6) is 11.5 Å². The van der Waals surface area contributed by atoms with Crippen molar-refractivity contribution in [3.63, 3.8) is 0 Å². The summed E-state index contributed by atoms with van der Waals surface area (Å²) in [4.78, 5) is 0. The molecule has 0 spiro atoms. The highest BCUT2D eigenvalue weighted by Gasteiger charge is 2.13. The van der Waals surface area contributed by atoms with Gasteiger partial charge in [0.05, 0.1) is 0 Å². The largest absolute Gasteiger partial charge is 0.454 e. The summed E-state index contributed by atoms with van der Waals surface area (Å²) in [5.74, 6) is 1.58. The number of hydrogen-bond donors (Lipinski definition) is 2. The SMILES string of the molecule is C=C(NCc1ccc2c(c1)OCO2)c1cc(C)ccc1N. The van der Waals surface area contributed by atoms with Crippen LogP contribution in [-0.4, -0.2) is 6.79 Å². The molecule has 1 heterocycles. The van der Waals surface area contributed by atoms with Crippen molar-refractivity contribution in [3.8, 4) is 11.5 Å². The molecule has 0 unspecified atom stereocenters. The summed E-state index contributed by atoms with van der Waals surface area (Å²) in [6.45, 7) is 7.05. The second-order valence-electron chi connectivity index (χ2n) is 5.11. The van der Waals surface area contributed by atoms with Crippen LogP contribution in [-0.2, 0) is 6.54 Å². The predicted octanol–water partition coefficient (Wildman–Crippen LogP) is 3.07. The number of anilines is 1. The molecule has 0 aromatic heterocycles. The summed E-state index contributed by atoms with van der Waals surface area (Å²) in [7, 11) is 0. The average molecular weight is 282 g/mol. The van der Waals surface area contributed by atoms with Crippen molar-refractivity contribution in [2.24, 2.45) is 0 Å². The fourth-order valence-electron chi connectivity index (χ4n) is 2.29. The summed E-state index contributed by atoms with van der Waals surface area (Å²) in [6, 6.07) is 11.8. The lowest BCUT2D eigenvalue weighted by atomic mass is 10.1. The van der Waals surface area contributed by atoms with E-state index in [9.17, 15) is 0 Å². The molecule has 4 heteroatoms. The highest BCUT2D eigenvalue weighted by Crippen LogP contribution is 2.32. The Labute approximate surface area is 124 Å². The molecular weight excluding hydrogens is 264 g/mol. The lowest BCUT2D eigenvalue weighted by Crippen LogP contribution is -2.12. The van der Waals surface area contributed by atoms with Crippen molar-refractivity contribution < 1.29 is 9.47 Å². The van der Waals surface area contributed by atoms with Crippen molar-refractivity contribution in [2.45, 2.75) is 13.5 Å². The van der Waals surface area contributed by atoms with E-state index >= 15 is 0 Å². The standard InChI is InChI=1S/C17H18N2O2/c1-11-3-5-15(18)14(7-11)12(2)19-9-13-4-6-16-17(8-13)21-10-20-16/h3-8,19H,2,9-10,18H2,1H3. The van der Waals surface area contributed by atoms with Gasteiger partial charge in [-0.2, -0.15) is 0 Å². The van der Waals surface area contributed by atoms with Crippen molar-refractivity contribution >= 4 is 11.4 Å². The number of nitrogen functional groups attached to an aromatic ring is 1. The van der Waals surface area contributed by atoms with Crippen LogP contribution in [0.25, 0.3) is 5.70 Å². The van der Waals surface area contributed by atoms with Gasteiger partial charge in [-0.25, -0.2) is 0 Å². The molecule has 3 N–H and O–H groups in total. The van der Waals surface area contributed by atoms with Crippen molar-refractivity contribution in [1.29, 1.82) is 0 Å². The van der Waals surface area contributed by atoms with Crippen molar-refractivity contribution in [2.75, 3.05) is 12.5 Å². The zero-order valence-corrected chi connectivity index (χ0v) is 12.0. The first kappa shape index (κ1) is 13.4. The first-order valence-electron chi connectivity index (χ1n) is 6.81. The van der Waals surface area contributed by atoms with Crippen LogP contribution >= 0.6 is 0 Å². The third-order valence-corrected chi connectivity index (χ3v) is 3.48. The van der Waals surface area contributed by atoms with Gasteiger partial charge in [0.2, 0.25) is 6.79 Å². The van der Waals surface area contributed by atoms with Crippen LogP contribution in [0.4, 0.5) is 5.69 Å². The molecular formula is C17H18N2O2. The van der Waals surface area contributed by atoms with E-state index in [2.05, 4.69) is 11.9 Å². The van der Waals surface area contributed by atoms with Gasteiger partial charge in [0, 0.05) is 23.5 Å². The maximum absolute atomic E-state index is 6.00. The summed E-state index contributed by atoms with van der Waals surface area (Å²) < 4.78 is 10.7. The van der Waals surface area contributed by atoms with Gasteiger partial charge in [-0.1, -0.05) is 24.3 Å². The van der Waals surface area contributed by atoms with E-state index in [0.29, 0.717) is 13.3 Å². The first-order valence-corrected chi connectivity index (χ1v) is 6.81. The number of rotatable bonds is 4. The highest BCUT2D eigenvalue weighted by atomic mass is 16.7. The fourth-order valence-corrected chi connectivity index (χ4v) is 2.29. The maximum atomic E-state index is 6.00. The van der Waals surface area contributed by atoms with Crippen LogP contribution in [0.15, 0.2) is 43.0 Å². The molecule has 1 aliphatic heterocycles. The second kappa shape index (κ2) is 5.40. The van der Waals surface area contributed by atoms with E-state index in [1.165, 1.54) is 0 Å². The Hall–Kier alpha value is -2.62. The number of hydrogen-bond acceptors (Lipinski definition) is 4. The number of nitrogens with one attached hydrogen (secondary N) is 1. The Bertz CT molecular complexity index is 695. The normalized spacial score (nSPS) is 12.2. The smallest absolute Gasteiger partial charge is 0.231 e. The van der Waals surface area contributed by atoms with Gasteiger partial charge in [-0.05, 0) is 36.8 Å². The summed E-state index contributed by atoms with van der Waals surface area (Å²) >= 11 is 0. The van der Waals surface area contributed by atoms with Gasteiger partial charge in [-0.3, -0.25) is 0 Å². The average Bonchev–Trinajstić information content (AvgIpc) is 2.94. The quantitative estimate of drug-likeness (QED) is 0.846. The first-order chi connectivity index (χ1) is 10.1. The fraction of sp³-hybridized carbons (Fsp3) is 0.176. The summed E-state index contributed by atoms with van der Waals surface area (Å²) in [5.41, 5.74) is 10.7. The molecule has 0 radical (unpaired) electrons. The van der Waals surface area contributed by atoms with Crippen LogP contribution < -0.4 is 20.5 Å².